The molecule has 0 aromatic heterocycles. The van der Waals surface area contributed by atoms with Crippen molar-refractivity contribution in [3.63, 3.8) is 0 Å². The van der Waals surface area contributed by atoms with Crippen LogP contribution in [0.1, 0.15) is 59.6 Å². The Bertz CT molecular complexity index is 2740. The molecule has 0 bridgehead atoms. The maximum absolute atomic E-state index is 9.46. The third-order valence-electron chi connectivity index (χ3n) is 8.41. The first-order valence-corrected chi connectivity index (χ1v) is 14.9. The molecule has 0 saturated heterocycles. The predicted molar refractivity (Wildman–Crippen MR) is 190 cm³/mol. The number of allylic oxidation sites excluding steroid dienone is 19. The van der Waals surface area contributed by atoms with Gasteiger partial charge in [-0.05, 0) is 94.2 Å². The highest BCUT2D eigenvalue weighted by Crippen LogP contribution is 2.45. The lowest BCUT2D eigenvalue weighted by Gasteiger charge is -2.36. The maximum Gasteiger partial charge on any atom is 0.133 e. The fraction of sp³-hybridized carbons (Fsp3) is 0.182. The molecule has 0 amide bonds. The molecule has 0 spiro atoms. The predicted octanol–water partition coefficient (Wildman–Crippen LogP) is 9.58. The molecule has 1 aliphatic heterocycles. The van der Waals surface area contributed by atoms with Gasteiger partial charge in [0.25, 0.3) is 0 Å². The largest absolute Gasteiger partial charge is 0.465 e. The molecule has 4 aliphatic carbocycles. The summed E-state index contributed by atoms with van der Waals surface area (Å²) in [5, 5.41) is 0.404. The number of ether oxygens (including phenoxy) is 1. The van der Waals surface area contributed by atoms with Gasteiger partial charge in [0.05, 0.1) is 25.5 Å². The fourth-order valence-corrected chi connectivity index (χ4v) is 6.41. The van der Waals surface area contributed by atoms with Crippen LogP contribution in [0.25, 0.3) is 17.2 Å². The van der Waals surface area contributed by atoms with Crippen LogP contribution in [-0.4, -0.2) is 0 Å². The SMILES string of the molecule is [2H]C=C([2H])/C([2H])=C([2H])\C([2H])=C\C1/C=C/Oc2ccccc2/C=C(\C2=c3c([2H])c([2H])c([2H])c([2H])c3=C(C3=CC=C(C4=C([2H])C([2H])=C([2H])C([2H])C4[2H])CC3)C3C=C([2H])C([2H])=CC23)C1. The van der Waals surface area contributed by atoms with Gasteiger partial charge in [-0.1, -0.05) is 134 Å². The van der Waals surface area contributed by atoms with Crippen LogP contribution in [0.5, 0.6) is 5.75 Å². The van der Waals surface area contributed by atoms with Gasteiger partial charge in [-0.3, -0.25) is 0 Å². The van der Waals surface area contributed by atoms with E-state index in [9.17, 15) is 2.74 Å². The molecule has 1 nitrogen and oxygen atoms in total. The van der Waals surface area contributed by atoms with E-state index in [0.29, 0.717) is 45.7 Å². The van der Waals surface area contributed by atoms with Gasteiger partial charge in [0.1, 0.15) is 5.75 Å². The van der Waals surface area contributed by atoms with Crippen molar-refractivity contribution in [2.45, 2.75) is 32.1 Å². The maximum atomic E-state index is 9.46. The van der Waals surface area contributed by atoms with Crippen LogP contribution in [0.3, 0.4) is 0 Å². The van der Waals surface area contributed by atoms with Gasteiger partial charge < -0.3 is 4.74 Å². The zero-order valence-electron chi connectivity index (χ0n) is 40.4. The number of hydrogen-bond donors (Lipinski definition) is 0. The molecule has 0 fully saturated rings. The van der Waals surface area contributed by atoms with E-state index in [-0.39, 0.29) is 77.6 Å². The molecule has 5 atom stereocenters. The van der Waals surface area contributed by atoms with Gasteiger partial charge in [0.2, 0.25) is 0 Å². The minimum absolute atomic E-state index is 0.0815. The lowest BCUT2D eigenvalue weighted by atomic mass is 9.68. The van der Waals surface area contributed by atoms with Crippen molar-refractivity contribution in [2.24, 2.45) is 17.8 Å². The summed E-state index contributed by atoms with van der Waals surface area (Å²) in [5.41, 5.74) is 3.59. The minimum Gasteiger partial charge on any atom is -0.465 e. The standard InChI is InChI=1S/C44H40O/c1-2-3-4-6-15-32-28-29-45-42-23-14-9-18-36(42)31-37(30-32)44-40-21-12-10-19-38(40)43(39-20-11-13-22-41(39)44)35-26-24-34(25-27-35)33-16-7-5-8-17-33/h2-7,9-16,18-24,26,28-29,31-32,38,40H,1,8,17,25,27,30H2/b4-3-,15-6+,29-28+,37-31-/i1D,2D,3D,4D,5D,6D,7D,8D,10D,11D,12D,13D,16D,17D,20D,22D/b2-1?,4-3-,15-6+,29-28+,37-31-. The van der Waals surface area contributed by atoms with Crippen LogP contribution in [-0.2, 0) is 0 Å². The monoisotopic (exact) mass is 600 g/mol. The van der Waals surface area contributed by atoms with Crippen LogP contribution in [0.2, 0.25) is 0 Å². The summed E-state index contributed by atoms with van der Waals surface area (Å²) in [7, 11) is 0. The van der Waals surface area contributed by atoms with Crippen molar-refractivity contribution >= 4 is 17.2 Å². The Morgan fingerprint density at radius 1 is 0.867 bits per heavy atom. The number of benzene rings is 2. The van der Waals surface area contributed by atoms with Crippen molar-refractivity contribution in [1.82, 2.24) is 0 Å². The molecule has 1 heterocycles. The second-order valence-corrected chi connectivity index (χ2v) is 11.0. The molecule has 0 radical (unpaired) electrons. The summed E-state index contributed by atoms with van der Waals surface area (Å²) in [4.78, 5) is 0. The minimum atomic E-state index is -1.33. The summed E-state index contributed by atoms with van der Waals surface area (Å²) >= 11 is 0. The Morgan fingerprint density at radius 2 is 1.64 bits per heavy atom. The first-order valence-electron chi connectivity index (χ1n) is 23.1. The number of hydrogen-bond acceptors (Lipinski definition) is 1. The van der Waals surface area contributed by atoms with Crippen molar-refractivity contribution in [3.8, 4) is 5.75 Å². The van der Waals surface area contributed by atoms with Crippen molar-refractivity contribution in [3.05, 3.63) is 190 Å². The molecule has 1 heteroatoms. The van der Waals surface area contributed by atoms with Crippen molar-refractivity contribution < 1.29 is 26.7 Å². The lowest BCUT2D eigenvalue weighted by Crippen LogP contribution is -2.40. The number of rotatable bonds is 6. The zero-order valence-corrected chi connectivity index (χ0v) is 24.4. The van der Waals surface area contributed by atoms with E-state index in [4.69, 9.17) is 23.9 Å². The first kappa shape index (κ1) is 15.9. The Hall–Kier alpha value is -4.88. The molecule has 5 unspecified atom stereocenters. The molecule has 0 N–H and O–H groups in total. The molecule has 2 aromatic carbocycles. The Morgan fingerprint density at radius 3 is 2.44 bits per heavy atom. The lowest BCUT2D eigenvalue weighted by molar-refractivity contribution is 0.475. The third kappa shape index (κ3) is 6.08. The van der Waals surface area contributed by atoms with Crippen LogP contribution in [0.4, 0.5) is 0 Å². The van der Waals surface area contributed by atoms with E-state index < -0.39 is 66.8 Å². The quantitative estimate of drug-likeness (QED) is 0.300. The van der Waals surface area contributed by atoms with Gasteiger partial charge in [-0.25, -0.2) is 0 Å². The van der Waals surface area contributed by atoms with E-state index in [0.717, 1.165) is 0 Å². The van der Waals surface area contributed by atoms with Gasteiger partial charge in [0, 0.05) is 26.1 Å². The summed E-state index contributed by atoms with van der Waals surface area (Å²) in [6, 6.07) is 2.24. The van der Waals surface area contributed by atoms with E-state index in [1.165, 1.54) is 12.3 Å². The van der Waals surface area contributed by atoms with Gasteiger partial charge >= 0.3 is 0 Å². The van der Waals surface area contributed by atoms with Crippen molar-refractivity contribution in [2.75, 3.05) is 0 Å². The Balaban J connectivity index is 1.54. The normalized spacial score (nSPS) is 36.4. The van der Waals surface area contributed by atoms with Crippen LogP contribution in [0, 0.1) is 17.8 Å². The highest BCUT2D eigenvalue weighted by atomic mass is 16.5. The fourth-order valence-electron chi connectivity index (χ4n) is 6.41. The van der Waals surface area contributed by atoms with Crippen LogP contribution in [0.15, 0.2) is 174 Å². The van der Waals surface area contributed by atoms with E-state index in [1.807, 2.05) is 18.2 Å². The molecule has 0 saturated carbocycles. The van der Waals surface area contributed by atoms with Crippen LogP contribution >= 0.6 is 0 Å². The summed E-state index contributed by atoms with van der Waals surface area (Å²) < 4.78 is 143. The molecule has 7 rings (SSSR count). The topological polar surface area (TPSA) is 9.23 Å². The zero-order chi connectivity index (χ0) is 44.2. The van der Waals surface area contributed by atoms with Gasteiger partial charge in [-0.2, -0.15) is 0 Å². The van der Waals surface area contributed by atoms with Gasteiger partial charge in [-0.15, -0.1) is 0 Å². The smallest absolute Gasteiger partial charge is 0.133 e. The molecule has 45 heavy (non-hydrogen) atoms. The average Bonchev–Trinajstić information content (AvgIpc) is 3.34. The highest BCUT2D eigenvalue weighted by Gasteiger charge is 2.34. The van der Waals surface area contributed by atoms with Crippen LogP contribution < -0.4 is 15.2 Å². The molecule has 5 aliphatic rings. The summed E-state index contributed by atoms with van der Waals surface area (Å²) in [6.07, 6.45) is 11.1. The molecular weight excluding hydrogens is 544 g/mol. The number of para-hydroxylation sites is 1. The average molecular weight is 601 g/mol. The molecule has 222 valence electrons. The highest BCUT2D eigenvalue weighted by molar-refractivity contribution is 5.84. The van der Waals surface area contributed by atoms with Crippen molar-refractivity contribution in [1.29, 1.82) is 0 Å². The third-order valence-corrected chi connectivity index (χ3v) is 8.41. The van der Waals surface area contributed by atoms with E-state index >= 15 is 0 Å². The first-order chi connectivity index (χ1) is 29.0. The summed E-state index contributed by atoms with van der Waals surface area (Å²) in [6.45, 7) is 0.618. The van der Waals surface area contributed by atoms with Gasteiger partial charge in [0.15, 0.2) is 0 Å². The Kier molecular flexibility index (Phi) is 4.74. The second kappa shape index (κ2) is 13.4. The van der Waals surface area contributed by atoms with E-state index in [1.54, 1.807) is 42.5 Å². The second-order valence-electron chi connectivity index (χ2n) is 11.0. The Labute approximate surface area is 290 Å². The summed E-state index contributed by atoms with van der Waals surface area (Å²) in [5.74, 6) is -1.70. The molecule has 2 aromatic rings. The number of fused-ring (bicyclic) bond motifs is 3. The van der Waals surface area contributed by atoms with E-state index in [2.05, 4.69) is 0 Å². The molecular formula is C44H40O.